The Balaban J connectivity index is 0.00000162. The Hall–Kier alpha value is 0.140. The van der Waals surface area contributed by atoms with Crippen LogP contribution in [0.25, 0.3) is 0 Å². The zero-order valence-electron chi connectivity index (χ0n) is 10.1. The van der Waals surface area contributed by atoms with Gasteiger partial charge in [-0.1, -0.05) is 0 Å². The zero-order valence-corrected chi connectivity index (χ0v) is 14.9. The van der Waals surface area contributed by atoms with Crippen LogP contribution < -0.4 is 5.73 Å². The third-order valence-electron chi connectivity index (χ3n) is 2.61. The van der Waals surface area contributed by atoms with Gasteiger partial charge in [-0.3, -0.25) is 0 Å². The van der Waals surface area contributed by atoms with Crippen molar-refractivity contribution in [3.63, 3.8) is 0 Å². The molecule has 102 valence electrons. The maximum Gasteiger partial charge on any atom is 0.191 e. The summed E-state index contributed by atoms with van der Waals surface area (Å²) in [5.74, 6) is 0.613. The normalized spacial score (nSPS) is 20.7. The van der Waals surface area contributed by atoms with Crippen molar-refractivity contribution in [1.82, 2.24) is 4.90 Å². The first-order valence-electron chi connectivity index (χ1n) is 5.54. The Labute approximate surface area is 137 Å². The molecule has 1 aliphatic rings. The zero-order chi connectivity index (χ0) is 12.3. The van der Waals surface area contributed by atoms with Crippen LogP contribution in [0.2, 0.25) is 0 Å². The Morgan fingerprint density at radius 1 is 1.72 bits per heavy atom. The summed E-state index contributed by atoms with van der Waals surface area (Å²) in [4.78, 5) is 6.50. The Kier molecular flexibility index (Phi) is 6.89. The quantitative estimate of drug-likeness (QED) is 0.432. The average Bonchev–Trinajstić information content (AvgIpc) is 2.72. The van der Waals surface area contributed by atoms with Gasteiger partial charge >= 0.3 is 0 Å². The van der Waals surface area contributed by atoms with Crippen LogP contribution in [0.15, 0.2) is 20.2 Å². The lowest BCUT2D eigenvalue weighted by molar-refractivity contribution is 0.00529. The van der Waals surface area contributed by atoms with Gasteiger partial charge in [-0.2, -0.15) is 0 Å². The summed E-state index contributed by atoms with van der Waals surface area (Å²) in [6, 6.07) is 2.07. The monoisotopic (exact) mass is 445 g/mol. The molecule has 1 aromatic rings. The first kappa shape index (κ1) is 16.2. The summed E-state index contributed by atoms with van der Waals surface area (Å²) in [6.45, 7) is 5.06. The molecule has 1 atom stereocenters. The SMILES string of the molecule is CC1CN(C(N)=NCc2csc(Br)c2)CCO1.I. The number of halogens is 2. The van der Waals surface area contributed by atoms with E-state index in [0.29, 0.717) is 12.5 Å². The van der Waals surface area contributed by atoms with Crippen LogP contribution in [0.4, 0.5) is 0 Å². The minimum absolute atomic E-state index is 0. The molecule has 0 radical (unpaired) electrons. The van der Waals surface area contributed by atoms with Gasteiger partial charge in [0.1, 0.15) is 0 Å². The minimum atomic E-state index is 0. The van der Waals surface area contributed by atoms with Gasteiger partial charge < -0.3 is 15.4 Å². The van der Waals surface area contributed by atoms with E-state index in [4.69, 9.17) is 10.5 Å². The molecule has 2 rings (SSSR count). The fourth-order valence-corrected chi connectivity index (χ4v) is 2.93. The van der Waals surface area contributed by atoms with Gasteiger partial charge in [-0.05, 0) is 39.9 Å². The van der Waals surface area contributed by atoms with Crippen molar-refractivity contribution in [3.8, 4) is 0 Å². The molecule has 1 unspecified atom stereocenters. The molecule has 1 saturated heterocycles. The molecule has 0 spiro atoms. The highest BCUT2D eigenvalue weighted by molar-refractivity contribution is 14.0. The fourth-order valence-electron chi connectivity index (χ4n) is 1.73. The first-order chi connectivity index (χ1) is 8.15. The lowest BCUT2D eigenvalue weighted by atomic mass is 10.3. The maximum absolute atomic E-state index is 5.98. The second-order valence-corrected chi connectivity index (χ2v) is 6.35. The molecule has 1 fully saturated rings. The van der Waals surface area contributed by atoms with E-state index in [1.165, 1.54) is 5.56 Å². The van der Waals surface area contributed by atoms with Crippen LogP contribution in [0, 0.1) is 0 Å². The predicted molar refractivity (Wildman–Crippen MR) is 89.7 cm³/mol. The molecule has 0 bridgehead atoms. The largest absolute Gasteiger partial charge is 0.375 e. The van der Waals surface area contributed by atoms with Gasteiger partial charge in [0.2, 0.25) is 0 Å². The van der Waals surface area contributed by atoms with Gasteiger partial charge in [-0.15, -0.1) is 35.3 Å². The first-order valence-corrected chi connectivity index (χ1v) is 7.22. The lowest BCUT2D eigenvalue weighted by Crippen LogP contribution is -2.47. The van der Waals surface area contributed by atoms with E-state index in [9.17, 15) is 0 Å². The van der Waals surface area contributed by atoms with E-state index < -0.39 is 0 Å². The number of nitrogens with two attached hydrogens (primary N) is 1. The number of ether oxygens (including phenoxy) is 1. The molecule has 0 aromatic carbocycles. The van der Waals surface area contributed by atoms with Crippen LogP contribution in [0.1, 0.15) is 12.5 Å². The third kappa shape index (κ3) is 4.67. The predicted octanol–water partition coefficient (Wildman–Crippen LogP) is 2.66. The van der Waals surface area contributed by atoms with E-state index in [1.54, 1.807) is 11.3 Å². The van der Waals surface area contributed by atoms with E-state index in [-0.39, 0.29) is 30.1 Å². The molecule has 2 N–H and O–H groups in total. The molecule has 0 saturated carbocycles. The smallest absolute Gasteiger partial charge is 0.191 e. The highest BCUT2D eigenvalue weighted by Gasteiger charge is 2.17. The van der Waals surface area contributed by atoms with Crippen LogP contribution in [-0.2, 0) is 11.3 Å². The maximum atomic E-state index is 5.98. The Bertz CT molecular complexity index is 413. The van der Waals surface area contributed by atoms with Crippen molar-refractivity contribution in [2.75, 3.05) is 19.7 Å². The summed E-state index contributed by atoms with van der Waals surface area (Å²) in [5.41, 5.74) is 7.16. The van der Waals surface area contributed by atoms with Gasteiger partial charge in [0, 0.05) is 13.1 Å². The summed E-state index contributed by atoms with van der Waals surface area (Å²) >= 11 is 5.10. The van der Waals surface area contributed by atoms with Crippen molar-refractivity contribution in [3.05, 3.63) is 20.8 Å². The van der Waals surface area contributed by atoms with Crippen molar-refractivity contribution in [1.29, 1.82) is 0 Å². The second-order valence-electron chi connectivity index (χ2n) is 4.06. The van der Waals surface area contributed by atoms with E-state index in [0.717, 1.165) is 23.5 Å². The third-order valence-corrected chi connectivity index (χ3v) is 4.16. The van der Waals surface area contributed by atoms with Gasteiger partial charge in [0.15, 0.2) is 5.96 Å². The fraction of sp³-hybridized carbons (Fsp3) is 0.545. The molecule has 18 heavy (non-hydrogen) atoms. The van der Waals surface area contributed by atoms with Gasteiger partial charge in [-0.25, -0.2) is 4.99 Å². The van der Waals surface area contributed by atoms with Gasteiger partial charge in [0.25, 0.3) is 0 Å². The summed E-state index contributed by atoms with van der Waals surface area (Å²) in [7, 11) is 0. The Morgan fingerprint density at radius 3 is 3.11 bits per heavy atom. The van der Waals surface area contributed by atoms with Crippen LogP contribution in [0.5, 0.6) is 0 Å². The Morgan fingerprint density at radius 2 is 2.50 bits per heavy atom. The van der Waals surface area contributed by atoms with E-state index in [1.807, 2.05) is 0 Å². The van der Waals surface area contributed by atoms with Crippen LogP contribution >= 0.6 is 51.2 Å². The molecule has 4 nitrogen and oxygen atoms in total. The van der Waals surface area contributed by atoms with E-state index in [2.05, 4.69) is 44.2 Å². The number of guanidine groups is 1. The summed E-state index contributed by atoms with van der Waals surface area (Å²) < 4.78 is 6.59. The average molecular weight is 446 g/mol. The van der Waals surface area contributed by atoms with Crippen molar-refractivity contribution in [2.24, 2.45) is 10.7 Å². The number of hydrogen-bond acceptors (Lipinski definition) is 3. The van der Waals surface area contributed by atoms with Crippen LogP contribution in [-0.4, -0.2) is 36.7 Å². The summed E-state index contributed by atoms with van der Waals surface area (Å²) in [6.07, 6.45) is 0.229. The van der Waals surface area contributed by atoms with Gasteiger partial charge in [0.05, 0.1) is 23.0 Å². The highest BCUT2D eigenvalue weighted by atomic mass is 127. The highest BCUT2D eigenvalue weighted by Crippen LogP contribution is 2.21. The number of rotatable bonds is 2. The number of nitrogens with zero attached hydrogens (tertiary/aromatic N) is 2. The van der Waals surface area contributed by atoms with Crippen molar-refractivity contribution < 1.29 is 4.74 Å². The molecule has 1 aromatic heterocycles. The molecule has 0 amide bonds. The van der Waals surface area contributed by atoms with Crippen molar-refractivity contribution in [2.45, 2.75) is 19.6 Å². The number of aliphatic imine (C=N–C) groups is 1. The standard InChI is InChI=1S/C11H16BrN3OS.HI/c1-8-6-15(2-3-16-8)11(13)14-5-9-4-10(12)17-7-9;/h4,7-8H,2-3,5-6H2,1H3,(H2,13,14);1H. The second kappa shape index (κ2) is 7.66. The number of thiophene rings is 1. The minimum Gasteiger partial charge on any atom is -0.375 e. The molecule has 2 heterocycles. The molecule has 0 aliphatic carbocycles. The molecule has 7 heteroatoms. The summed E-state index contributed by atoms with van der Waals surface area (Å²) in [5, 5.41) is 2.09. The van der Waals surface area contributed by atoms with E-state index >= 15 is 0 Å². The molecular weight excluding hydrogens is 429 g/mol. The topological polar surface area (TPSA) is 50.8 Å². The van der Waals surface area contributed by atoms with Crippen molar-refractivity contribution >= 4 is 57.2 Å². The molecular formula is C11H17BrIN3OS. The molecule has 1 aliphatic heterocycles. The number of hydrogen-bond donors (Lipinski definition) is 1. The lowest BCUT2D eigenvalue weighted by Gasteiger charge is -2.31. The van der Waals surface area contributed by atoms with Crippen LogP contribution in [0.3, 0.4) is 0 Å². The number of morpholine rings is 1.